The Morgan fingerprint density at radius 3 is 2.09 bits per heavy atom. The standard InChI is InChI=1S/C13H11N3O5S/c14-10-3-7-12(8-4-10)22(20,21)15-13(17)9-1-5-11(6-2-9)16(18)19/h1-8H,14H2,(H,15,17). The molecule has 8 nitrogen and oxygen atoms in total. The van der Waals surface area contributed by atoms with Gasteiger partial charge in [-0.25, -0.2) is 13.1 Å². The van der Waals surface area contributed by atoms with E-state index in [4.69, 9.17) is 5.73 Å². The van der Waals surface area contributed by atoms with Crippen LogP contribution in [0.5, 0.6) is 0 Å². The van der Waals surface area contributed by atoms with E-state index in [0.29, 0.717) is 5.69 Å². The maximum Gasteiger partial charge on any atom is 0.269 e. The van der Waals surface area contributed by atoms with Gasteiger partial charge in [-0.15, -0.1) is 0 Å². The number of anilines is 1. The summed E-state index contributed by atoms with van der Waals surface area (Å²) >= 11 is 0. The maximum atomic E-state index is 12.0. The minimum Gasteiger partial charge on any atom is -0.399 e. The van der Waals surface area contributed by atoms with Crippen molar-refractivity contribution >= 4 is 27.3 Å². The molecule has 0 unspecified atom stereocenters. The molecule has 2 aromatic carbocycles. The lowest BCUT2D eigenvalue weighted by Gasteiger charge is -2.07. The van der Waals surface area contributed by atoms with Gasteiger partial charge < -0.3 is 5.73 Å². The van der Waals surface area contributed by atoms with Gasteiger partial charge in [0.05, 0.1) is 9.82 Å². The number of sulfonamides is 1. The van der Waals surface area contributed by atoms with Gasteiger partial charge in [-0.3, -0.25) is 14.9 Å². The first-order chi connectivity index (χ1) is 10.3. The van der Waals surface area contributed by atoms with Gasteiger partial charge in [-0.1, -0.05) is 0 Å². The predicted molar refractivity (Wildman–Crippen MR) is 78.6 cm³/mol. The number of rotatable bonds is 4. The second-order valence-electron chi connectivity index (χ2n) is 4.31. The van der Waals surface area contributed by atoms with Crippen LogP contribution in [0.25, 0.3) is 0 Å². The molecule has 3 N–H and O–H groups in total. The molecule has 0 atom stereocenters. The number of nitro benzene ring substituents is 1. The number of nitrogens with zero attached hydrogens (tertiary/aromatic N) is 1. The summed E-state index contributed by atoms with van der Waals surface area (Å²) in [5.41, 5.74) is 5.65. The van der Waals surface area contributed by atoms with Gasteiger partial charge in [-0.2, -0.15) is 0 Å². The number of non-ortho nitro benzene ring substituents is 1. The number of hydrogen-bond acceptors (Lipinski definition) is 6. The highest BCUT2D eigenvalue weighted by Crippen LogP contribution is 2.14. The number of carbonyl (C=O) groups is 1. The molecule has 0 bridgehead atoms. The number of hydrogen-bond donors (Lipinski definition) is 2. The smallest absolute Gasteiger partial charge is 0.269 e. The molecule has 114 valence electrons. The number of nitrogens with one attached hydrogen (secondary N) is 1. The Hall–Kier alpha value is -2.94. The van der Waals surface area contributed by atoms with Crippen molar-refractivity contribution < 1.29 is 18.1 Å². The monoisotopic (exact) mass is 321 g/mol. The predicted octanol–water partition coefficient (Wildman–Crippen LogP) is 1.30. The summed E-state index contributed by atoms with van der Waals surface area (Å²) in [4.78, 5) is 21.7. The van der Waals surface area contributed by atoms with E-state index in [1.54, 1.807) is 0 Å². The van der Waals surface area contributed by atoms with Crippen molar-refractivity contribution in [3.8, 4) is 0 Å². The van der Waals surface area contributed by atoms with Crippen LogP contribution in [0, 0.1) is 10.1 Å². The Labute approximate surface area is 125 Å². The molecular formula is C13H11N3O5S. The fourth-order valence-corrected chi connectivity index (χ4v) is 2.60. The largest absolute Gasteiger partial charge is 0.399 e. The molecule has 2 rings (SSSR count). The molecule has 0 aromatic heterocycles. The Kier molecular flexibility index (Phi) is 4.08. The van der Waals surface area contributed by atoms with Crippen molar-refractivity contribution in [1.82, 2.24) is 4.72 Å². The molecule has 0 aliphatic rings. The highest BCUT2D eigenvalue weighted by atomic mass is 32.2. The van der Waals surface area contributed by atoms with E-state index in [0.717, 1.165) is 12.1 Å². The molecule has 0 spiro atoms. The van der Waals surface area contributed by atoms with Crippen LogP contribution in [0.1, 0.15) is 10.4 Å². The Balaban J connectivity index is 2.20. The number of amides is 1. The topological polar surface area (TPSA) is 132 Å². The number of nitro groups is 1. The number of nitrogen functional groups attached to an aromatic ring is 1. The van der Waals surface area contributed by atoms with Gasteiger partial charge in [0.1, 0.15) is 0 Å². The molecule has 0 saturated carbocycles. The zero-order valence-corrected chi connectivity index (χ0v) is 11.9. The number of carbonyl (C=O) groups excluding carboxylic acids is 1. The molecule has 2 aromatic rings. The van der Waals surface area contributed by atoms with E-state index in [9.17, 15) is 23.3 Å². The highest BCUT2D eigenvalue weighted by molar-refractivity contribution is 7.90. The third-order valence-electron chi connectivity index (χ3n) is 2.76. The van der Waals surface area contributed by atoms with Crippen LogP contribution in [-0.2, 0) is 10.0 Å². The lowest BCUT2D eigenvalue weighted by Crippen LogP contribution is -2.30. The SMILES string of the molecule is Nc1ccc(S(=O)(=O)NC(=O)c2ccc([N+](=O)[O-])cc2)cc1. The summed E-state index contributed by atoms with van der Waals surface area (Å²) in [7, 11) is -4.04. The van der Waals surface area contributed by atoms with Crippen LogP contribution in [0.2, 0.25) is 0 Å². The second-order valence-corrected chi connectivity index (χ2v) is 5.99. The summed E-state index contributed by atoms with van der Waals surface area (Å²) in [5, 5.41) is 10.5. The molecule has 0 fully saturated rings. The minimum absolute atomic E-state index is 0.00961. The maximum absolute atomic E-state index is 12.0. The zero-order valence-electron chi connectivity index (χ0n) is 11.1. The third-order valence-corrected chi connectivity index (χ3v) is 4.10. The Bertz CT molecular complexity index is 814. The van der Waals surface area contributed by atoms with Gasteiger partial charge in [-0.05, 0) is 36.4 Å². The van der Waals surface area contributed by atoms with E-state index in [1.807, 2.05) is 4.72 Å². The van der Waals surface area contributed by atoms with Gasteiger partial charge >= 0.3 is 0 Å². The Morgan fingerprint density at radius 2 is 1.59 bits per heavy atom. The fourth-order valence-electron chi connectivity index (χ4n) is 1.62. The van der Waals surface area contributed by atoms with Gasteiger partial charge in [0.2, 0.25) is 0 Å². The van der Waals surface area contributed by atoms with Crippen molar-refractivity contribution in [3.05, 3.63) is 64.2 Å². The molecule has 22 heavy (non-hydrogen) atoms. The number of nitrogens with two attached hydrogens (primary N) is 1. The van der Waals surface area contributed by atoms with Gasteiger partial charge in [0, 0.05) is 23.4 Å². The van der Waals surface area contributed by atoms with E-state index in [1.165, 1.54) is 36.4 Å². The first-order valence-corrected chi connectivity index (χ1v) is 7.45. The average molecular weight is 321 g/mol. The fraction of sp³-hybridized carbons (Fsp3) is 0. The van der Waals surface area contributed by atoms with Crippen molar-refractivity contribution in [1.29, 1.82) is 0 Å². The highest BCUT2D eigenvalue weighted by Gasteiger charge is 2.19. The summed E-state index contributed by atoms with van der Waals surface area (Å²) in [6.07, 6.45) is 0. The van der Waals surface area contributed by atoms with E-state index < -0.39 is 20.9 Å². The lowest BCUT2D eigenvalue weighted by molar-refractivity contribution is -0.384. The molecular weight excluding hydrogens is 310 g/mol. The number of benzene rings is 2. The van der Waals surface area contributed by atoms with Crippen LogP contribution in [-0.4, -0.2) is 19.2 Å². The van der Waals surface area contributed by atoms with Crippen molar-refractivity contribution in [3.63, 3.8) is 0 Å². The summed E-state index contributed by atoms with van der Waals surface area (Å²) in [6.45, 7) is 0. The van der Waals surface area contributed by atoms with Gasteiger partial charge in [0.25, 0.3) is 21.6 Å². The third kappa shape index (κ3) is 3.38. The molecule has 9 heteroatoms. The van der Waals surface area contributed by atoms with Crippen LogP contribution in [0.15, 0.2) is 53.4 Å². The first kappa shape index (κ1) is 15.4. The summed E-state index contributed by atoms with van der Waals surface area (Å²) in [5.74, 6) is -0.883. The molecule has 0 radical (unpaired) electrons. The van der Waals surface area contributed by atoms with Gasteiger partial charge in [0.15, 0.2) is 0 Å². The van der Waals surface area contributed by atoms with Crippen LogP contribution < -0.4 is 10.5 Å². The van der Waals surface area contributed by atoms with Crippen molar-refractivity contribution in [2.24, 2.45) is 0 Å². The summed E-state index contributed by atoms with van der Waals surface area (Å²) in [6, 6.07) is 9.89. The van der Waals surface area contributed by atoms with E-state index in [-0.39, 0.29) is 16.1 Å². The second kappa shape index (κ2) is 5.82. The Morgan fingerprint density at radius 1 is 1.05 bits per heavy atom. The quantitative estimate of drug-likeness (QED) is 0.495. The van der Waals surface area contributed by atoms with Crippen LogP contribution >= 0.6 is 0 Å². The molecule has 1 amide bonds. The summed E-state index contributed by atoms with van der Waals surface area (Å²) < 4.78 is 25.9. The average Bonchev–Trinajstić information content (AvgIpc) is 2.47. The zero-order chi connectivity index (χ0) is 16.3. The van der Waals surface area contributed by atoms with E-state index >= 15 is 0 Å². The molecule has 0 aliphatic heterocycles. The first-order valence-electron chi connectivity index (χ1n) is 5.97. The van der Waals surface area contributed by atoms with Crippen molar-refractivity contribution in [2.75, 3.05) is 5.73 Å². The molecule has 0 saturated heterocycles. The van der Waals surface area contributed by atoms with Crippen molar-refractivity contribution in [2.45, 2.75) is 4.90 Å². The van der Waals surface area contributed by atoms with E-state index in [2.05, 4.69) is 0 Å². The van der Waals surface area contributed by atoms with Crippen LogP contribution in [0.4, 0.5) is 11.4 Å². The molecule has 0 heterocycles. The molecule has 0 aliphatic carbocycles. The normalized spacial score (nSPS) is 10.9. The lowest BCUT2D eigenvalue weighted by atomic mass is 10.2. The minimum atomic E-state index is -4.04. The van der Waals surface area contributed by atoms with Crippen LogP contribution in [0.3, 0.4) is 0 Å².